The minimum absolute atomic E-state index is 0.116. The Morgan fingerprint density at radius 3 is 2.28 bits per heavy atom. The van der Waals surface area contributed by atoms with Gasteiger partial charge in [-0.25, -0.2) is 8.42 Å². The van der Waals surface area contributed by atoms with Crippen LogP contribution in [0, 0.1) is 6.92 Å². The zero-order chi connectivity index (χ0) is 13.8. The minimum atomic E-state index is -3.50. The molecule has 3 N–H and O–H groups in total. The van der Waals surface area contributed by atoms with Gasteiger partial charge in [-0.15, -0.1) is 0 Å². The number of nitrogens with one attached hydrogen (secondary N) is 1. The highest BCUT2D eigenvalue weighted by atomic mass is 32.2. The smallest absolute Gasteiger partial charge is 0.246 e. The molecule has 0 saturated carbocycles. The van der Waals surface area contributed by atoms with Crippen molar-refractivity contribution in [1.29, 1.82) is 0 Å². The van der Waals surface area contributed by atoms with Crippen LogP contribution >= 0.6 is 0 Å². The quantitative estimate of drug-likeness (QED) is 0.775. The fourth-order valence-electron chi connectivity index (χ4n) is 1.93. The SMILES string of the molecule is CCCN(CCC)S(=O)(=O)c1c(CN)n[nH]c1C. The highest BCUT2D eigenvalue weighted by molar-refractivity contribution is 7.89. The van der Waals surface area contributed by atoms with Gasteiger partial charge in [0.2, 0.25) is 10.0 Å². The molecule has 0 aromatic carbocycles. The third-order valence-corrected chi connectivity index (χ3v) is 4.80. The summed E-state index contributed by atoms with van der Waals surface area (Å²) in [6, 6.07) is 0. The molecule has 0 amide bonds. The average molecular weight is 274 g/mol. The monoisotopic (exact) mass is 274 g/mol. The van der Waals surface area contributed by atoms with Gasteiger partial charge >= 0.3 is 0 Å². The van der Waals surface area contributed by atoms with E-state index in [0.29, 0.717) is 24.5 Å². The van der Waals surface area contributed by atoms with E-state index in [0.717, 1.165) is 12.8 Å². The summed E-state index contributed by atoms with van der Waals surface area (Å²) in [5.74, 6) is 0. The second-order valence-corrected chi connectivity index (χ2v) is 6.11. The van der Waals surface area contributed by atoms with E-state index in [1.807, 2.05) is 13.8 Å². The van der Waals surface area contributed by atoms with E-state index in [-0.39, 0.29) is 11.4 Å². The number of H-pyrrole nitrogens is 1. The lowest BCUT2D eigenvalue weighted by Crippen LogP contribution is -2.33. The van der Waals surface area contributed by atoms with Gasteiger partial charge < -0.3 is 5.73 Å². The van der Waals surface area contributed by atoms with E-state index in [9.17, 15) is 8.42 Å². The molecule has 6 nitrogen and oxygen atoms in total. The Balaban J connectivity index is 3.21. The third-order valence-electron chi connectivity index (χ3n) is 2.70. The van der Waals surface area contributed by atoms with Crippen LogP contribution in [0.15, 0.2) is 4.90 Å². The molecule has 0 radical (unpaired) electrons. The van der Waals surface area contributed by atoms with Crippen molar-refractivity contribution in [3.05, 3.63) is 11.4 Å². The lowest BCUT2D eigenvalue weighted by Gasteiger charge is -2.21. The van der Waals surface area contributed by atoms with Gasteiger partial charge in [0.05, 0.1) is 11.4 Å². The molecule has 1 heterocycles. The Morgan fingerprint density at radius 2 is 1.83 bits per heavy atom. The molecule has 0 aliphatic heterocycles. The zero-order valence-corrected chi connectivity index (χ0v) is 12.0. The number of hydrogen-bond acceptors (Lipinski definition) is 4. The number of sulfonamides is 1. The summed E-state index contributed by atoms with van der Waals surface area (Å²) in [5.41, 5.74) is 6.50. The summed E-state index contributed by atoms with van der Waals surface area (Å²) in [5, 5.41) is 6.64. The van der Waals surface area contributed by atoms with Crippen molar-refractivity contribution >= 4 is 10.0 Å². The van der Waals surface area contributed by atoms with Crippen LogP contribution in [0.3, 0.4) is 0 Å². The molecule has 0 fully saturated rings. The lowest BCUT2D eigenvalue weighted by molar-refractivity contribution is 0.409. The molecule has 0 unspecified atom stereocenters. The predicted molar refractivity (Wildman–Crippen MR) is 70.6 cm³/mol. The van der Waals surface area contributed by atoms with Crippen LogP contribution in [0.1, 0.15) is 38.1 Å². The first kappa shape index (κ1) is 15.1. The largest absolute Gasteiger partial charge is 0.325 e. The van der Waals surface area contributed by atoms with Gasteiger partial charge in [-0.05, 0) is 19.8 Å². The van der Waals surface area contributed by atoms with Crippen molar-refractivity contribution in [2.45, 2.75) is 45.1 Å². The van der Waals surface area contributed by atoms with Crippen molar-refractivity contribution in [3.63, 3.8) is 0 Å². The molecule has 1 aromatic rings. The summed E-state index contributed by atoms with van der Waals surface area (Å²) >= 11 is 0. The van der Waals surface area contributed by atoms with Crippen molar-refractivity contribution in [2.24, 2.45) is 5.73 Å². The molecule has 1 aromatic heterocycles. The van der Waals surface area contributed by atoms with Gasteiger partial charge in [0, 0.05) is 19.6 Å². The molecule has 104 valence electrons. The van der Waals surface area contributed by atoms with E-state index in [1.54, 1.807) is 6.92 Å². The van der Waals surface area contributed by atoms with Gasteiger partial charge in [-0.1, -0.05) is 13.8 Å². The maximum absolute atomic E-state index is 12.6. The predicted octanol–water partition coefficient (Wildman–Crippen LogP) is 0.988. The maximum atomic E-state index is 12.6. The first-order chi connectivity index (χ1) is 8.48. The van der Waals surface area contributed by atoms with Crippen molar-refractivity contribution in [2.75, 3.05) is 13.1 Å². The van der Waals surface area contributed by atoms with Crippen LogP contribution < -0.4 is 5.73 Å². The number of aryl methyl sites for hydroxylation is 1. The summed E-state index contributed by atoms with van der Waals surface area (Å²) in [4.78, 5) is 0.243. The summed E-state index contributed by atoms with van der Waals surface area (Å²) in [6.45, 7) is 6.78. The van der Waals surface area contributed by atoms with Gasteiger partial charge in [0.1, 0.15) is 4.90 Å². The van der Waals surface area contributed by atoms with Gasteiger partial charge in [0.15, 0.2) is 0 Å². The fourth-order valence-corrected chi connectivity index (χ4v) is 3.89. The average Bonchev–Trinajstić information content (AvgIpc) is 2.70. The van der Waals surface area contributed by atoms with Gasteiger partial charge in [0.25, 0.3) is 0 Å². The maximum Gasteiger partial charge on any atom is 0.246 e. The van der Waals surface area contributed by atoms with Crippen molar-refractivity contribution in [3.8, 4) is 0 Å². The first-order valence-electron chi connectivity index (χ1n) is 6.23. The van der Waals surface area contributed by atoms with Gasteiger partial charge in [-0.2, -0.15) is 9.40 Å². The molecule has 0 aliphatic carbocycles. The zero-order valence-electron chi connectivity index (χ0n) is 11.2. The van der Waals surface area contributed by atoms with Crippen molar-refractivity contribution < 1.29 is 8.42 Å². The number of nitrogens with zero attached hydrogens (tertiary/aromatic N) is 2. The Labute approximate surface area is 109 Å². The number of aromatic nitrogens is 2. The summed E-state index contributed by atoms with van der Waals surface area (Å²) in [7, 11) is -3.50. The Hall–Kier alpha value is -0.920. The number of hydrogen-bond donors (Lipinski definition) is 2. The highest BCUT2D eigenvalue weighted by Gasteiger charge is 2.29. The van der Waals surface area contributed by atoms with Crippen LogP contribution in [-0.2, 0) is 16.6 Å². The second-order valence-electron chi connectivity index (χ2n) is 4.23. The molecule has 18 heavy (non-hydrogen) atoms. The third kappa shape index (κ3) is 2.90. The number of rotatable bonds is 7. The molecule has 7 heteroatoms. The molecular formula is C11H22N4O2S. The van der Waals surface area contributed by atoms with Crippen molar-refractivity contribution in [1.82, 2.24) is 14.5 Å². The Morgan fingerprint density at radius 1 is 1.28 bits per heavy atom. The lowest BCUT2D eigenvalue weighted by atomic mass is 10.4. The van der Waals surface area contributed by atoms with E-state index in [4.69, 9.17) is 5.73 Å². The van der Waals surface area contributed by atoms with E-state index in [2.05, 4.69) is 10.2 Å². The molecule has 0 bridgehead atoms. The summed E-state index contributed by atoms with van der Waals surface area (Å²) in [6.07, 6.45) is 1.57. The topological polar surface area (TPSA) is 92.1 Å². The molecule has 1 rings (SSSR count). The number of aromatic amines is 1. The Kier molecular flexibility index (Phi) is 5.30. The van der Waals surface area contributed by atoms with Crippen LogP contribution in [0.2, 0.25) is 0 Å². The van der Waals surface area contributed by atoms with Crippen LogP contribution in [0.4, 0.5) is 0 Å². The first-order valence-corrected chi connectivity index (χ1v) is 7.67. The highest BCUT2D eigenvalue weighted by Crippen LogP contribution is 2.22. The van der Waals surface area contributed by atoms with E-state index >= 15 is 0 Å². The van der Waals surface area contributed by atoms with E-state index < -0.39 is 10.0 Å². The van der Waals surface area contributed by atoms with Crippen LogP contribution in [0.5, 0.6) is 0 Å². The molecule has 0 aliphatic rings. The standard InChI is InChI=1S/C11H22N4O2S/c1-4-6-15(7-5-2)18(16,17)11-9(3)13-14-10(11)8-12/h4-8,12H2,1-3H3,(H,13,14). The summed E-state index contributed by atoms with van der Waals surface area (Å²) < 4.78 is 26.7. The molecular weight excluding hydrogens is 252 g/mol. The van der Waals surface area contributed by atoms with Crippen LogP contribution in [-0.4, -0.2) is 36.0 Å². The normalized spacial score (nSPS) is 12.3. The van der Waals surface area contributed by atoms with E-state index in [1.165, 1.54) is 4.31 Å². The van der Waals surface area contributed by atoms with Gasteiger partial charge in [-0.3, -0.25) is 5.10 Å². The minimum Gasteiger partial charge on any atom is -0.325 e. The fraction of sp³-hybridized carbons (Fsp3) is 0.727. The second kappa shape index (κ2) is 6.31. The number of nitrogens with two attached hydrogens (primary N) is 1. The molecule has 0 saturated heterocycles. The molecule has 0 spiro atoms. The molecule has 0 atom stereocenters. The van der Waals surface area contributed by atoms with Crippen LogP contribution in [0.25, 0.3) is 0 Å². The Bertz CT molecular complexity index is 475.